The van der Waals surface area contributed by atoms with Gasteiger partial charge in [0.25, 0.3) is 5.69 Å². The zero-order valence-electron chi connectivity index (χ0n) is 16.4. The van der Waals surface area contributed by atoms with Crippen LogP contribution in [0.5, 0.6) is 0 Å². The van der Waals surface area contributed by atoms with Crippen LogP contribution in [0.3, 0.4) is 0 Å². The van der Waals surface area contributed by atoms with Crippen LogP contribution in [0, 0.1) is 10.1 Å². The molecule has 30 heavy (non-hydrogen) atoms. The summed E-state index contributed by atoms with van der Waals surface area (Å²) in [6.07, 6.45) is 2.85. The molecule has 0 N–H and O–H groups in total. The molecule has 1 saturated heterocycles. The molecular weight excluding hydrogens is 406 g/mol. The number of hydrogen-bond donors (Lipinski definition) is 0. The summed E-state index contributed by atoms with van der Waals surface area (Å²) < 4.78 is 33.2. The molecule has 0 aliphatic carbocycles. The third kappa shape index (κ3) is 4.09. The fourth-order valence-electron chi connectivity index (χ4n) is 3.81. The van der Waals surface area contributed by atoms with Gasteiger partial charge >= 0.3 is 0 Å². The maximum atomic E-state index is 13.3. The fraction of sp³-hybridized carbons (Fsp3) is 0.333. The molecule has 0 atom stereocenters. The van der Waals surface area contributed by atoms with Crippen LogP contribution in [0.1, 0.15) is 12.0 Å². The number of benzene rings is 2. The van der Waals surface area contributed by atoms with Crippen molar-refractivity contribution in [2.24, 2.45) is 0 Å². The van der Waals surface area contributed by atoms with Gasteiger partial charge in [0.05, 0.1) is 23.8 Å². The van der Waals surface area contributed by atoms with Crippen LogP contribution in [0.15, 0.2) is 59.5 Å². The zero-order valence-corrected chi connectivity index (χ0v) is 17.3. The molecule has 2 aliphatic heterocycles. The molecule has 2 aliphatic rings. The van der Waals surface area contributed by atoms with Crippen LogP contribution in [0.25, 0.3) is 5.57 Å². The van der Waals surface area contributed by atoms with Crippen LogP contribution < -0.4 is 4.90 Å². The predicted molar refractivity (Wildman–Crippen MR) is 114 cm³/mol. The van der Waals surface area contributed by atoms with Gasteiger partial charge in [-0.05, 0) is 23.6 Å². The lowest BCUT2D eigenvalue weighted by atomic mass is 9.99. The minimum Gasteiger partial charge on any atom is -0.379 e. The van der Waals surface area contributed by atoms with E-state index in [2.05, 4.69) is 18.2 Å². The number of nitro benzene ring substituents is 1. The lowest BCUT2D eigenvalue weighted by Crippen LogP contribution is -2.41. The Hall–Kier alpha value is -2.75. The predicted octanol–water partition coefficient (Wildman–Crippen LogP) is 2.91. The highest BCUT2D eigenvalue weighted by Crippen LogP contribution is 2.34. The minimum absolute atomic E-state index is 0.0184. The van der Waals surface area contributed by atoms with E-state index < -0.39 is 14.9 Å². The van der Waals surface area contributed by atoms with Gasteiger partial charge in [-0.15, -0.1) is 0 Å². The molecule has 0 amide bonds. The van der Waals surface area contributed by atoms with E-state index >= 15 is 0 Å². The number of nitro groups is 1. The summed E-state index contributed by atoms with van der Waals surface area (Å²) in [5.74, 6) is 0. The average Bonchev–Trinajstić information content (AvgIpc) is 2.80. The number of rotatable bonds is 5. The molecule has 0 spiro atoms. The Morgan fingerprint density at radius 2 is 1.73 bits per heavy atom. The maximum absolute atomic E-state index is 13.3. The molecule has 0 aromatic heterocycles. The van der Waals surface area contributed by atoms with Crippen molar-refractivity contribution in [2.45, 2.75) is 11.3 Å². The minimum atomic E-state index is -3.88. The van der Waals surface area contributed by atoms with E-state index in [1.807, 2.05) is 23.1 Å². The Balaban J connectivity index is 1.68. The standard InChI is InChI=1S/C21H23N3O5S/c25-24(26)19-6-7-20(21(16-19)30(27,28)23-12-14-29-15-13-23)22-10-8-18(9-11-22)17-4-2-1-3-5-17/h1-8,16H,9-15H2. The quantitative estimate of drug-likeness (QED) is 0.536. The first kappa shape index (κ1) is 20.5. The largest absolute Gasteiger partial charge is 0.379 e. The summed E-state index contributed by atoms with van der Waals surface area (Å²) >= 11 is 0. The lowest BCUT2D eigenvalue weighted by molar-refractivity contribution is -0.385. The third-order valence-electron chi connectivity index (χ3n) is 5.44. The first-order chi connectivity index (χ1) is 14.5. The topological polar surface area (TPSA) is 93.0 Å². The van der Waals surface area contributed by atoms with E-state index in [0.29, 0.717) is 32.0 Å². The molecular formula is C21H23N3O5S. The second-order valence-corrected chi connectivity index (χ2v) is 9.12. The van der Waals surface area contributed by atoms with Crippen molar-refractivity contribution >= 4 is 27.0 Å². The molecule has 0 saturated carbocycles. The number of morpholine rings is 1. The van der Waals surface area contributed by atoms with Gasteiger partial charge in [0.15, 0.2) is 0 Å². The monoisotopic (exact) mass is 429 g/mol. The Morgan fingerprint density at radius 1 is 1.00 bits per heavy atom. The molecule has 1 fully saturated rings. The van der Waals surface area contributed by atoms with Crippen molar-refractivity contribution in [3.63, 3.8) is 0 Å². The van der Waals surface area contributed by atoms with Crippen LogP contribution in [-0.2, 0) is 14.8 Å². The molecule has 4 rings (SSSR count). The Bertz CT molecular complexity index is 1060. The number of anilines is 1. The van der Waals surface area contributed by atoms with Gasteiger partial charge in [0.2, 0.25) is 10.0 Å². The SMILES string of the molecule is O=[N+]([O-])c1ccc(N2CC=C(c3ccccc3)CC2)c(S(=O)(=O)N2CCOCC2)c1. The molecule has 0 unspecified atom stereocenters. The maximum Gasteiger partial charge on any atom is 0.270 e. The van der Waals surface area contributed by atoms with E-state index in [4.69, 9.17) is 4.74 Å². The summed E-state index contributed by atoms with van der Waals surface area (Å²) in [6.45, 7) is 2.27. The molecule has 158 valence electrons. The van der Waals surface area contributed by atoms with E-state index in [-0.39, 0.29) is 23.7 Å². The Morgan fingerprint density at radius 3 is 2.37 bits per heavy atom. The summed E-state index contributed by atoms with van der Waals surface area (Å²) in [5, 5.41) is 11.3. The van der Waals surface area contributed by atoms with Gasteiger partial charge < -0.3 is 9.64 Å². The van der Waals surface area contributed by atoms with Crippen molar-refractivity contribution in [3.05, 3.63) is 70.3 Å². The van der Waals surface area contributed by atoms with Gasteiger partial charge in [0.1, 0.15) is 4.90 Å². The number of nitrogens with zero attached hydrogens (tertiary/aromatic N) is 3. The Labute approximate surface area is 175 Å². The van der Waals surface area contributed by atoms with Gasteiger partial charge in [-0.25, -0.2) is 8.42 Å². The van der Waals surface area contributed by atoms with Crippen molar-refractivity contribution in [1.82, 2.24) is 4.31 Å². The fourth-order valence-corrected chi connectivity index (χ4v) is 5.45. The highest BCUT2D eigenvalue weighted by Gasteiger charge is 2.32. The number of sulfonamides is 1. The van der Waals surface area contributed by atoms with Crippen molar-refractivity contribution < 1.29 is 18.1 Å². The van der Waals surface area contributed by atoms with Crippen molar-refractivity contribution in [1.29, 1.82) is 0 Å². The van der Waals surface area contributed by atoms with Crippen LogP contribution in [0.2, 0.25) is 0 Å². The zero-order chi connectivity index (χ0) is 21.1. The Kier molecular flexibility index (Phi) is 5.85. The summed E-state index contributed by atoms with van der Waals surface area (Å²) in [4.78, 5) is 12.7. The first-order valence-corrected chi connectivity index (χ1v) is 11.3. The van der Waals surface area contributed by atoms with Crippen LogP contribution in [0.4, 0.5) is 11.4 Å². The molecule has 2 aromatic carbocycles. The third-order valence-corrected chi connectivity index (χ3v) is 7.36. The van der Waals surface area contributed by atoms with Crippen LogP contribution in [-0.4, -0.2) is 57.0 Å². The summed E-state index contributed by atoms with van der Waals surface area (Å²) in [5.41, 5.74) is 2.63. The first-order valence-electron chi connectivity index (χ1n) is 9.82. The van der Waals surface area contributed by atoms with E-state index in [0.717, 1.165) is 12.0 Å². The summed E-state index contributed by atoms with van der Waals surface area (Å²) in [6, 6.07) is 14.2. The second kappa shape index (κ2) is 8.55. The van der Waals surface area contributed by atoms with Crippen LogP contribution >= 0.6 is 0 Å². The average molecular weight is 429 g/mol. The van der Waals surface area contributed by atoms with Gasteiger partial charge in [-0.3, -0.25) is 10.1 Å². The van der Waals surface area contributed by atoms with E-state index in [9.17, 15) is 18.5 Å². The van der Waals surface area contributed by atoms with E-state index in [1.54, 1.807) is 6.07 Å². The van der Waals surface area contributed by atoms with E-state index in [1.165, 1.54) is 22.0 Å². The molecule has 0 bridgehead atoms. The molecule has 2 heterocycles. The van der Waals surface area contributed by atoms with Gasteiger partial charge in [-0.1, -0.05) is 36.4 Å². The normalized spacial score (nSPS) is 18.1. The highest BCUT2D eigenvalue weighted by molar-refractivity contribution is 7.89. The molecule has 9 heteroatoms. The lowest BCUT2D eigenvalue weighted by Gasteiger charge is -2.32. The van der Waals surface area contributed by atoms with Gasteiger partial charge in [-0.2, -0.15) is 4.31 Å². The molecule has 0 radical (unpaired) electrons. The van der Waals surface area contributed by atoms with Crippen molar-refractivity contribution in [2.75, 3.05) is 44.3 Å². The number of non-ortho nitro benzene ring substituents is 1. The molecule has 2 aromatic rings. The number of hydrogen-bond acceptors (Lipinski definition) is 6. The second-order valence-electron chi connectivity index (χ2n) is 7.22. The molecule has 8 nitrogen and oxygen atoms in total. The summed E-state index contributed by atoms with van der Waals surface area (Å²) in [7, 11) is -3.88. The van der Waals surface area contributed by atoms with Gasteiger partial charge in [0, 0.05) is 38.3 Å². The smallest absolute Gasteiger partial charge is 0.270 e. The highest BCUT2D eigenvalue weighted by atomic mass is 32.2. The number of ether oxygens (including phenoxy) is 1. The van der Waals surface area contributed by atoms with Crippen molar-refractivity contribution in [3.8, 4) is 0 Å².